The Labute approximate surface area is 308 Å². The van der Waals surface area contributed by atoms with Crippen molar-refractivity contribution in [2.24, 2.45) is 0 Å². The first-order valence-corrected chi connectivity index (χ1v) is 16.6. The van der Waals surface area contributed by atoms with Gasteiger partial charge in [-0.2, -0.15) is 0 Å². The summed E-state index contributed by atoms with van der Waals surface area (Å²) in [5, 5.41) is -6.02. The normalized spacial score (nSPS) is 11.6. The largest absolute Gasteiger partial charge is 0.205 e. The second-order valence-electron chi connectivity index (χ2n) is 11.3. The highest BCUT2D eigenvalue weighted by molar-refractivity contribution is 6.14. The molecule has 0 bridgehead atoms. The Hall–Kier alpha value is -5.92. The highest BCUT2D eigenvalue weighted by Crippen LogP contribution is 2.40. The fraction of sp³-hybridized carbons (Fsp3) is 0.0952. The molecule has 0 aliphatic rings. The first-order chi connectivity index (χ1) is 26.7. The van der Waals surface area contributed by atoms with Crippen molar-refractivity contribution in [2.75, 3.05) is 0 Å². The van der Waals surface area contributed by atoms with E-state index in [2.05, 4.69) is 0 Å². The molecule has 290 valence electrons. The zero-order chi connectivity index (χ0) is 41.5. The SMILES string of the molecule is CC.CC.Fc1c(F)c(F)c2c(F)c(C=Cc3c4ccccc4c(C=Cc4c(F)c(F)c5c(F)c(F)c(F)c(F)c5c4F)c4ccccc34)c(F)c(F)c2c1F. The first-order valence-electron chi connectivity index (χ1n) is 16.6. The minimum absolute atomic E-state index is 0.142. The van der Waals surface area contributed by atoms with E-state index in [0.717, 1.165) is 12.2 Å². The lowest BCUT2D eigenvalue weighted by molar-refractivity contribution is 0.411. The molecule has 0 aromatic heterocycles. The van der Waals surface area contributed by atoms with E-state index in [1.165, 1.54) is 48.5 Å². The number of rotatable bonds is 4. The Morgan fingerprint density at radius 3 is 0.696 bits per heavy atom. The molecule has 14 heteroatoms. The summed E-state index contributed by atoms with van der Waals surface area (Å²) >= 11 is 0. The Balaban J connectivity index is 0.00000145. The number of halogens is 14. The van der Waals surface area contributed by atoms with Gasteiger partial charge in [0.25, 0.3) is 0 Å². The summed E-state index contributed by atoms with van der Waals surface area (Å²) in [5.41, 5.74) is -2.31. The maximum atomic E-state index is 15.5. The van der Waals surface area contributed by atoms with Crippen LogP contribution in [0, 0.1) is 81.4 Å². The Bertz CT molecular complexity index is 2540. The molecule has 0 nitrogen and oxygen atoms in total. The van der Waals surface area contributed by atoms with Gasteiger partial charge in [0, 0.05) is 11.1 Å². The van der Waals surface area contributed by atoms with E-state index in [9.17, 15) is 43.9 Å². The molecule has 0 saturated carbocycles. The molecule has 0 saturated heterocycles. The quantitative estimate of drug-likeness (QED) is 0.0547. The number of benzene rings is 7. The molecule has 0 heterocycles. The van der Waals surface area contributed by atoms with Gasteiger partial charge in [0.15, 0.2) is 69.8 Å². The fourth-order valence-electron chi connectivity index (χ4n) is 6.19. The van der Waals surface area contributed by atoms with Crippen LogP contribution in [-0.2, 0) is 0 Å². The van der Waals surface area contributed by atoms with Gasteiger partial charge in [-0.15, -0.1) is 0 Å². The van der Waals surface area contributed by atoms with Gasteiger partial charge >= 0.3 is 0 Å². The van der Waals surface area contributed by atoms with Gasteiger partial charge in [-0.25, -0.2) is 61.5 Å². The fourth-order valence-corrected chi connectivity index (χ4v) is 6.19. The maximum absolute atomic E-state index is 15.5. The van der Waals surface area contributed by atoms with Crippen molar-refractivity contribution in [3.63, 3.8) is 0 Å². The lowest BCUT2D eigenvalue weighted by Gasteiger charge is -2.14. The van der Waals surface area contributed by atoms with Crippen molar-refractivity contribution < 1.29 is 61.5 Å². The van der Waals surface area contributed by atoms with Gasteiger partial charge in [-0.3, -0.25) is 0 Å². The van der Waals surface area contributed by atoms with Crippen molar-refractivity contribution in [2.45, 2.75) is 27.7 Å². The van der Waals surface area contributed by atoms with Crippen molar-refractivity contribution >= 4 is 67.4 Å². The third kappa shape index (κ3) is 6.30. The summed E-state index contributed by atoms with van der Waals surface area (Å²) in [6.07, 6.45) is 3.35. The molecule has 0 aliphatic carbocycles. The molecule has 7 aromatic carbocycles. The predicted octanol–water partition coefficient (Wildman–Crippen LogP) is 14.6. The van der Waals surface area contributed by atoms with Crippen LogP contribution < -0.4 is 0 Å². The van der Waals surface area contributed by atoms with Crippen LogP contribution in [0.5, 0.6) is 0 Å². The van der Waals surface area contributed by atoms with Crippen LogP contribution in [0.2, 0.25) is 0 Å². The molecule has 0 amide bonds. The average molecular weight is 795 g/mol. The minimum atomic E-state index is -2.49. The molecule has 0 N–H and O–H groups in total. The number of fused-ring (bicyclic) bond motifs is 4. The topological polar surface area (TPSA) is 0 Å². The molecule has 56 heavy (non-hydrogen) atoms. The van der Waals surface area contributed by atoms with E-state index >= 15 is 17.6 Å². The Kier molecular flexibility index (Phi) is 11.8. The van der Waals surface area contributed by atoms with Crippen LogP contribution in [0.3, 0.4) is 0 Å². The molecule has 0 aliphatic heterocycles. The van der Waals surface area contributed by atoms with Crippen LogP contribution in [-0.4, -0.2) is 0 Å². The third-order valence-electron chi connectivity index (χ3n) is 8.59. The summed E-state index contributed by atoms with van der Waals surface area (Å²) < 4.78 is 204. The van der Waals surface area contributed by atoms with Gasteiger partial charge in [0.2, 0.25) is 0 Å². The lowest BCUT2D eigenvalue weighted by Crippen LogP contribution is -2.06. The summed E-state index contributed by atoms with van der Waals surface area (Å²) in [6, 6.07) is 11.8. The molecule has 7 aromatic rings. The van der Waals surface area contributed by atoms with Gasteiger partial charge < -0.3 is 0 Å². The number of hydrogen-bond acceptors (Lipinski definition) is 0. The maximum Gasteiger partial charge on any atom is 0.198 e. The zero-order valence-corrected chi connectivity index (χ0v) is 29.2. The van der Waals surface area contributed by atoms with Crippen LogP contribution in [0.4, 0.5) is 61.5 Å². The van der Waals surface area contributed by atoms with E-state index in [1.807, 2.05) is 27.7 Å². The smallest absolute Gasteiger partial charge is 0.198 e. The summed E-state index contributed by atoms with van der Waals surface area (Å²) in [4.78, 5) is 0. The van der Waals surface area contributed by atoms with Crippen LogP contribution in [0.25, 0.3) is 67.4 Å². The standard InChI is InChI=1S/C38H12F14.2C2H6/c39-25-19(27(41)29(43)23-21(25)31(45)35(49)37(51)33(23)47)11-9-17-13-5-1-2-6-14(13)18(16-8-4-3-7-15(16)17)10-12-20-26(40)22-24(30(44)28(20)42)34(48)38(52)36(50)32(22)46;2*1-2/h1-12H;2*1-2H3. The number of hydrogen-bond donors (Lipinski definition) is 0. The average Bonchev–Trinajstić information content (AvgIpc) is 3.21. The Morgan fingerprint density at radius 1 is 0.250 bits per heavy atom. The lowest BCUT2D eigenvalue weighted by atomic mass is 9.90. The monoisotopic (exact) mass is 794 g/mol. The first kappa shape index (κ1) is 41.2. The second-order valence-corrected chi connectivity index (χ2v) is 11.3. The molecule has 0 unspecified atom stereocenters. The van der Waals surface area contributed by atoms with E-state index in [4.69, 9.17) is 0 Å². The van der Waals surface area contributed by atoms with Gasteiger partial charge in [0.05, 0.1) is 21.5 Å². The summed E-state index contributed by atoms with van der Waals surface area (Å²) in [6.45, 7) is 8.00. The van der Waals surface area contributed by atoms with Crippen molar-refractivity contribution in [3.05, 3.63) is 152 Å². The van der Waals surface area contributed by atoms with Crippen LogP contribution >= 0.6 is 0 Å². The Morgan fingerprint density at radius 2 is 0.446 bits per heavy atom. The third-order valence-corrected chi connectivity index (χ3v) is 8.59. The minimum Gasteiger partial charge on any atom is -0.205 e. The van der Waals surface area contributed by atoms with Crippen LogP contribution in [0.15, 0.2) is 48.5 Å². The molecular formula is C42H24F14. The van der Waals surface area contributed by atoms with E-state index < -0.39 is 114 Å². The van der Waals surface area contributed by atoms with Crippen molar-refractivity contribution in [1.29, 1.82) is 0 Å². The molecule has 0 radical (unpaired) electrons. The van der Waals surface area contributed by atoms with Crippen molar-refractivity contribution in [1.82, 2.24) is 0 Å². The van der Waals surface area contributed by atoms with Gasteiger partial charge in [-0.1, -0.05) is 88.4 Å². The van der Waals surface area contributed by atoms with Gasteiger partial charge in [0.1, 0.15) is 11.6 Å². The van der Waals surface area contributed by atoms with Crippen LogP contribution in [0.1, 0.15) is 49.9 Å². The highest BCUT2D eigenvalue weighted by atomic mass is 19.2. The highest BCUT2D eigenvalue weighted by Gasteiger charge is 2.31. The molecule has 0 fully saturated rings. The molecule has 7 rings (SSSR count). The second kappa shape index (κ2) is 16.0. The zero-order valence-electron chi connectivity index (χ0n) is 29.2. The van der Waals surface area contributed by atoms with E-state index in [0.29, 0.717) is 12.2 Å². The molecule has 0 spiro atoms. The van der Waals surface area contributed by atoms with Crippen molar-refractivity contribution in [3.8, 4) is 0 Å². The predicted molar refractivity (Wildman–Crippen MR) is 189 cm³/mol. The summed E-state index contributed by atoms with van der Waals surface area (Å²) in [7, 11) is 0. The van der Waals surface area contributed by atoms with E-state index in [-0.39, 0.29) is 32.7 Å². The van der Waals surface area contributed by atoms with Gasteiger partial charge in [-0.05, 0) is 44.8 Å². The molecular weight excluding hydrogens is 770 g/mol. The summed E-state index contributed by atoms with van der Waals surface area (Å²) in [5.74, 6) is -31.7. The van der Waals surface area contributed by atoms with E-state index in [1.54, 1.807) is 0 Å². The molecule has 0 atom stereocenters.